The Balaban J connectivity index is 1.49. The summed E-state index contributed by atoms with van der Waals surface area (Å²) in [7, 11) is 0. The summed E-state index contributed by atoms with van der Waals surface area (Å²) in [5.41, 5.74) is 2.92. The van der Waals surface area contributed by atoms with Gasteiger partial charge in [0.25, 0.3) is 0 Å². The van der Waals surface area contributed by atoms with Crippen LogP contribution in [0.5, 0.6) is 11.5 Å². The minimum absolute atomic E-state index is 0.318. The maximum Gasteiger partial charge on any atom is 0.343 e. The molecule has 3 rings (SSSR count). The highest BCUT2D eigenvalue weighted by atomic mass is 16.5. The van der Waals surface area contributed by atoms with Crippen LogP contribution in [0.1, 0.15) is 80.0 Å². The highest BCUT2D eigenvalue weighted by Gasteiger charge is 2.12. The summed E-state index contributed by atoms with van der Waals surface area (Å²) in [6, 6.07) is 21.7. The molecule has 0 aliphatic rings. The van der Waals surface area contributed by atoms with Gasteiger partial charge in [0.15, 0.2) is 0 Å². The maximum atomic E-state index is 12.6. The Hall–Kier alpha value is -3.60. The molecule has 37 heavy (non-hydrogen) atoms. The van der Waals surface area contributed by atoms with E-state index in [-0.39, 0.29) is 5.97 Å². The molecule has 0 radical (unpaired) electrons. The van der Waals surface area contributed by atoms with E-state index in [2.05, 4.69) is 13.8 Å². The fourth-order valence-corrected chi connectivity index (χ4v) is 3.68. The summed E-state index contributed by atoms with van der Waals surface area (Å²) in [6.07, 6.45) is 7.03. The summed E-state index contributed by atoms with van der Waals surface area (Å²) in [5, 5.41) is 0. The lowest BCUT2D eigenvalue weighted by Gasteiger charge is -2.10. The van der Waals surface area contributed by atoms with Gasteiger partial charge in [-0.2, -0.15) is 0 Å². The second kappa shape index (κ2) is 14.8. The molecule has 5 heteroatoms. The maximum absolute atomic E-state index is 12.6. The molecule has 0 N–H and O–H groups in total. The first-order valence-electron chi connectivity index (χ1n) is 13.3. The van der Waals surface area contributed by atoms with E-state index in [1.165, 1.54) is 25.7 Å². The van der Waals surface area contributed by atoms with Crippen molar-refractivity contribution in [1.82, 2.24) is 0 Å². The van der Waals surface area contributed by atoms with Crippen LogP contribution >= 0.6 is 0 Å². The largest absolute Gasteiger partial charge is 0.494 e. The average Bonchev–Trinajstić information content (AvgIpc) is 2.94. The van der Waals surface area contributed by atoms with Gasteiger partial charge in [-0.05, 0) is 72.0 Å². The number of esters is 2. The first-order chi connectivity index (χ1) is 18.0. The third-order valence-corrected chi connectivity index (χ3v) is 6.32. The lowest BCUT2D eigenvalue weighted by atomic mass is 10.0. The normalized spacial score (nSPS) is 11.5. The Morgan fingerprint density at radius 3 is 1.84 bits per heavy atom. The van der Waals surface area contributed by atoms with Gasteiger partial charge in [-0.15, -0.1) is 0 Å². The molecule has 1 unspecified atom stereocenters. The molecule has 0 heterocycles. The molecule has 0 aliphatic carbocycles. The second-order valence-corrected chi connectivity index (χ2v) is 9.39. The predicted molar refractivity (Wildman–Crippen MR) is 147 cm³/mol. The predicted octanol–water partition coefficient (Wildman–Crippen LogP) is 8.12. The second-order valence-electron chi connectivity index (χ2n) is 9.39. The minimum atomic E-state index is -0.457. The van der Waals surface area contributed by atoms with Crippen LogP contribution in [0.3, 0.4) is 0 Å². The number of carbonyl (C=O) groups excluding carboxylic acids is 2. The van der Waals surface area contributed by atoms with Gasteiger partial charge in [-0.3, -0.25) is 0 Å². The number of hydrogen-bond acceptors (Lipinski definition) is 5. The third kappa shape index (κ3) is 9.09. The van der Waals surface area contributed by atoms with E-state index in [9.17, 15) is 9.59 Å². The molecule has 196 valence electrons. The zero-order valence-corrected chi connectivity index (χ0v) is 22.2. The van der Waals surface area contributed by atoms with Gasteiger partial charge in [-0.25, -0.2) is 9.59 Å². The van der Waals surface area contributed by atoms with Crippen LogP contribution in [0.25, 0.3) is 11.1 Å². The zero-order chi connectivity index (χ0) is 26.5. The quantitative estimate of drug-likeness (QED) is 0.126. The molecule has 0 amide bonds. The highest BCUT2D eigenvalue weighted by molar-refractivity contribution is 5.92. The van der Waals surface area contributed by atoms with E-state index >= 15 is 0 Å². The molecule has 5 nitrogen and oxygen atoms in total. The van der Waals surface area contributed by atoms with E-state index in [4.69, 9.17) is 14.2 Å². The Morgan fingerprint density at radius 2 is 1.22 bits per heavy atom. The summed E-state index contributed by atoms with van der Waals surface area (Å²) in [6.45, 7) is 7.43. The number of rotatable bonds is 14. The molecule has 0 bridgehead atoms. The lowest BCUT2D eigenvalue weighted by molar-refractivity contribution is 0.0447. The zero-order valence-electron chi connectivity index (χ0n) is 22.2. The van der Waals surface area contributed by atoms with Gasteiger partial charge >= 0.3 is 11.9 Å². The number of hydrogen-bond donors (Lipinski definition) is 0. The van der Waals surface area contributed by atoms with Crippen molar-refractivity contribution in [3.63, 3.8) is 0 Å². The number of carbonyl (C=O) groups is 2. The molecular formula is C32H38O5. The summed E-state index contributed by atoms with van der Waals surface area (Å²) >= 11 is 0. The molecule has 3 aromatic rings. The van der Waals surface area contributed by atoms with Crippen LogP contribution < -0.4 is 9.47 Å². The van der Waals surface area contributed by atoms with Crippen LogP contribution in [-0.2, 0) is 4.74 Å². The number of unbranched alkanes of at least 4 members (excludes halogenated alkanes) is 4. The van der Waals surface area contributed by atoms with E-state index < -0.39 is 5.97 Å². The minimum Gasteiger partial charge on any atom is -0.494 e. The smallest absolute Gasteiger partial charge is 0.343 e. The first-order valence-corrected chi connectivity index (χ1v) is 13.3. The highest BCUT2D eigenvalue weighted by Crippen LogP contribution is 2.24. The van der Waals surface area contributed by atoms with Crippen LogP contribution in [0, 0.1) is 5.92 Å². The van der Waals surface area contributed by atoms with Crippen molar-refractivity contribution in [2.75, 3.05) is 13.2 Å². The van der Waals surface area contributed by atoms with E-state index in [1.54, 1.807) is 36.4 Å². The average molecular weight is 503 g/mol. The van der Waals surface area contributed by atoms with Gasteiger partial charge in [0.05, 0.1) is 24.3 Å². The van der Waals surface area contributed by atoms with Gasteiger partial charge in [0, 0.05) is 0 Å². The van der Waals surface area contributed by atoms with Crippen LogP contribution in [-0.4, -0.2) is 25.2 Å². The van der Waals surface area contributed by atoms with Crippen molar-refractivity contribution in [3.8, 4) is 22.6 Å². The molecule has 1 atom stereocenters. The third-order valence-electron chi connectivity index (χ3n) is 6.32. The van der Waals surface area contributed by atoms with Crippen molar-refractivity contribution in [2.45, 2.75) is 59.3 Å². The van der Waals surface area contributed by atoms with Crippen LogP contribution in [0.4, 0.5) is 0 Å². The molecule has 0 aromatic heterocycles. The van der Waals surface area contributed by atoms with Crippen molar-refractivity contribution < 1.29 is 23.8 Å². The Bertz CT molecular complexity index is 1100. The first kappa shape index (κ1) is 28.0. The summed E-state index contributed by atoms with van der Waals surface area (Å²) in [5.74, 6) is 0.721. The van der Waals surface area contributed by atoms with Crippen LogP contribution in [0.15, 0.2) is 72.8 Å². The SMILES string of the molecule is CCCCCCCOc1ccc(-c2ccc(C(=O)Oc3ccc(C(=O)OCC(C)CC)cc3)cc2)cc1. The molecule has 0 saturated heterocycles. The van der Waals surface area contributed by atoms with Gasteiger partial charge in [0.2, 0.25) is 0 Å². The number of benzene rings is 3. The molecule has 0 spiro atoms. The molecule has 0 aliphatic heterocycles. The van der Waals surface area contributed by atoms with Gasteiger partial charge in [0.1, 0.15) is 11.5 Å². The monoisotopic (exact) mass is 502 g/mol. The Kier molecular flexibility index (Phi) is 11.2. The molecule has 0 fully saturated rings. The van der Waals surface area contributed by atoms with E-state index in [0.717, 1.165) is 36.3 Å². The fraction of sp³-hybridized carbons (Fsp3) is 0.375. The Labute approximate surface area is 220 Å². The lowest BCUT2D eigenvalue weighted by Crippen LogP contribution is -2.12. The van der Waals surface area contributed by atoms with Crippen molar-refractivity contribution in [3.05, 3.63) is 83.9 Å². The topological polar surface area (TPSA) is 61.8 Å². The Morgan fingerprint density at radius 1 is 0.676 bits per heavy atom. The van der Waals surface area contributed by atoms with E-state index in [1.807, 2.05) is 43.3 Å². The fourth-order valence-electron chi connectivity index (χ4n) is 3.68. The summed E-state index contributed by atoms with van der Waals surface area (Å²) < 4.78 is 16.6. The van der Waals surface area contributed by atoms with Gasteiger partial charge < -0.3 is 14.2 Å². The molecular weight excluding hydrogens is 464 g/mol. The van der Waals surface area contributed by atoms with Crippen molar-refractivity contribution >= 4 is 11.9 Å². The number of ether oxygens (including phenoxy) is 3. The van der Waals surface area contributed by atoms with Gasteiger partial charge in [-0.1, -0.05) is 77.1 Å². The van der Waals surface area contributed by atoms with E-state index in [0.29, 0.717) is 29.4 Å². The van der Waals surface area contributed by atoms with Crippen molar-refractivity contribution in [1.29, 1.82) is 0 Å². The standard InChI is InChI=1S/C32H38O5/c1-4-6-7-8-9-22-35-29-18-14-26(15-19-29)25-10-12-28(13-11-25)32(34)37-30-20-16-27(17-21-30)31(33)36-23-24(3)5-2/h10-21,24H,4-9,22-23H2,1-3H3. The molecule has 0 saturated carbocycles. The van der Waals surface area contributed by atoms with Crippen molar-refractivity contribution in [2.24, 2.45) is 5.92 Å². The molecule has 3 aromatic carbocycles. The van der Waals surface area contributed by atoms with Crippen LogP contribution in [0.2, 0.25) is 0 Å². The summed E-state index contributed by atoms with van der Waals surface area (Å²) in [4.78, 5) is 24.7.